The molecule has 3 N–H and O–H groups in total. The Hall–Kier alpha value is -1.55. The van der Waals surface area contributed by atoms with Crippen molar-refractivity contribution in [2.45, 2.75) is 19.4 Å². The van der Waals surface area contributed by atoms with Gasteiger partial charge in [-0.15, -0.1) is 0 Å². The van der Waals surface area contributed by atoms with Crippen LogP contribution >= 0.6 is 0 Å². The van der Waals surface area contributed by atoms with Crippen LogP contribution in [0.25, 0.3) is 0 Å². The lowest BCUT2D eigenvalue weighted by molar-refractivity contribution is 0.0939. The summed E-state index contributed by atoms with van der Waals surface area (Å²) in [5.41, 5.74) is 1.29. The molecule has 0 aromatic heterocycles. The van der Waals surface area contributed by atoms with Crippen LogP contribution in [0, 0.1) is 6.92 Å². The maximum Gasteiger partial charge on any atom is 0.251 e. The van der Waals surface area contributed by atoms with Gasteiger partial charge in [-0.25, -0.2) is 0 Å². The van der Waals surface area contributed by atoms with E-state index in [1.54, 1.807) is 19.1 Å². The summed E-state index contributed by atoms with van der Waals surface area (Å²) < 4.78 is 0. The minimum absolute atomic E-state index is 0.121. The molecule has 86 valence electrons. The molecule has 1 atom stereocenters. The van der Waals surface area contributed by atoms with Gasteiger partial charge in [-0.05, 0) is 37.6 Å². The number of carbonyl (C=O) groups is 1. The van der Waals surface area contributed by atoms with Crippen LogP contribution in [0.4, 0.5) is 0 Å². The number of nitrogens with one attached hydrogen (secondary N) is 2. The van der Waals surface area contributed by atoms with Crippen molar-refractivity contribution in [3.8, 4) is 5.75 Å². The lowest BCUT2D eigenvalue weighted by Gasteiger charge is -2.11. The molecule has 1 aromatic carbocycles. The molecule has 0 aliphatic carbocycles. The van der Waals surface area contributed by atoms with Gasteiger partial charge < -0.3 is 15.7 Å². The topological polar surface area (TPSA) is 61.4 Å². The number of benzene rings is 1. The molecule has 2 rings (SSSR count). The fourth-order valence-electron chi connectivity index (χ4n) is 1.80. The van der Waals surface area contributed by atoms with E-state index in [-0.39, 0.29) is 17.7 Å². The van der Waals surface area contributed by atoms with E-state index in [1.165, 1.54) is 6.07 Å². The predicted octanol–water partition coefficient (Wildman–Crippen LogP) is 0.792. The zero-order chi connectivity index (χ0) is 11.5. The van der Waals surface area contributed by atoms with Crippen LogP contribution in [0.1, 0.15) is 22.3 Å². The van der Waals surface area contributed by atoms with E-state index in [9.17, 15) is 9.90 Å². The van der Waals surface area contributed by atoms with Crippen LogP contribution < -0.4 is 10.6 Å². The van der Waals surface area contributed by atoms with Crippen LogP contribution in [0.5, 0.6) is 5.75 Å². The summed E-state index contributed by atoms with van der Waals surface area (Å²) in [6.07, 6.45) is 0.962. The SMILES string of the molecule is Cc1ccc(C(=O)N[C@@H]2CCNC2)cc1O. The lowest BCUT2D eigenvalue weighted by Crippen LogP contribution is -2.36. The summed E-state index contributed by atoms with van der Waals surface area (Å²) in [5.74, 6) is 0.0428. The number of aromatic hydroxyl groups is 1. The van der Waals surface area contributed by atoms with Crippen molar-refractivity contribution in [1.82, 2.24) is 10.6 Å². The molecule has 4 nitrogen and oxygen atoms in total. The summed E-state index contributed by atoms with van der Waals surface area (Å²) in [4.78, 5) is 11.8. The van der Waals surface area contributed by atoms with Crippen molar-refractivity contribution in [3.63, 3.8) is 0 Å². The van der Waals surface area contributed by atoms with Crippen molar-refractivity contribution in [2.24, 2.45) is 0 Å². The molecule has 4 heteroatoms. The van der Waals surface area contributed by atoms with Gasteiger partial charge in [0.1, 0.15) is 5.75 Å². The molecule has 1 saturated heterocycles. The highest BCUT2D eigenvalue weighted by atomic mass is 16.3. The van der Waals surface area contributed by atoms with E-state index in [2.05, 4.69) is 10.6 Å². The standard InChI is InChI=1S/C12H16N2O2/c1-8-2-3-9(6-11(8)15)12(16)14-10-4-5-13-7-10/h2-3,6,10,13,15H,4-5,7H2,1H3,(H,14,16)/t10-/m1/s1. The van der Waals surface area contributed by atoms with E-state index >= 15 is 0 Å². The Balaban J connectivity index is 2.05. The van der Waals surface area contributed by atoms with Crippen LogP contribution in [0.15, 0.2) is 18.2 Å². The predicted molar refractivity (Wildman–Crippen MR) is 61.6 cm³/mol. The Morgan fingerprint density at radius 3 is 3.00 bits per heavy atom. The first-order valence-corrected chi connectivity index (χ1v) is 5.48. The van der Waals surface area contributed by atoms with Gasteiger partial charge in [0, 0.05) is 18.2 Å². The number of carbonyl (C=O) groups excluding carboxylic acids is 1. The number of rotatable bonds is 2. The molecule has 16 heavy (non-hydrogen) atoms. The van der Waals surface area contributed by atoms with Gasteiger partial charge in [-0.2, -0.15) is 0 Å². The number of amides is 1. The van der Waals surface area contributed by atoms with Crippen molar-refractivity contribution >= 4 is 5.91 Å². The molecule has 0 bridgehead atoms. The molecule has 1 heterocycles. The van der Waals surface area contributed by atoms with Crippen molar-refractivity contribution < 1.29 is 9.90 Å². The molecule has 0 radical (unpaired) electrons. The Morgan fingerprint density at radius 2 is 2.38 bits per heavy atom. The van der Waals surface area contributed by atoms with Crippen molar-refractivity contribution in [1.29, 1.82) is 0 Å². The second-order valence-electron chi connectivity index (χ2n) is 4.16. The third-order valence-electron chi connectivity index (χ3n) is 2.87. The van der Waals surface area contributed by atoms with Gasteiger partial charge in [0.05, 0.1) is 0 Å². The minimum atomic E-state index is -0.121. The van der Waals surface area contributed by atoms with Gasteiger partial charge >= 0.3 is 0 Å². The van der Waals surface area contributed by atoms with Gasteiger partial charge in [0.2, 0.25) is 0 Å². The second-order valence-corrected chi connectivity index (χ2v) is 4.16. The molecule has 0 spiro atoms. The summed E-state index contributed by atoms with van der Waals surface area (Å²) in [6.45, 7) is 3.57. The molecule has 0 saturated carbocycles. The molecule has 1 aliphatic heterocycles. The van der Waals surface area contributed by atoms with Gasteiger partial charge in [-0.3, -0.25) is 4.79 Å². The van der Waals surface area contributed by atoms with Gasteiger partial charge in [0.25, 0.3) is 5.91 Å². The molecular weight excluding hydrogens is 204 g/mol. The number of aryl methyl sites for hydroxylation is 1. The van der Waals surface area contributed by atoms with E-state index < -0.39 is 0 Å². The van der Waals surface area contributed by atoms with Crippen LogP contribution in [-0.4, -0.2) is 30.1 Å². The Labute approximate surface area is 94.7 Å². The molecule has 1 aliphatic rings. The Bertz CT molecular complexity index is 398. The van der Waals surface area contributed by atoms with Crippen LogP contribution in [0.3, 0.4) is 0 Å². The highest BCUT2D eigenvalue weighted by Gasteiger charge is 2.17. The fourth-order valence-corrected chi connectivity index (χ4v) is 1.80. The number of phenolic OH excluding ortho intramolecular Hbond substituents is 1. The van der Waals surface area contributed by atoms with E-state index in [1.807, 2.05) is 0 Å². The fraction of sp³-hybridized carbons (Fsp3) is 0.417. The average Bonchev–Trinajstić information content (AvgIpc) is 2.74. The third kappa shape index (κ3) is 2.33. The molecule has 1 aromatic rings. The zero-order valence-electron chi connectivity index (χ0n) is 9.29. The van der Waals surface area contributed by atoms with Crippen molar-refractivity contribution in [2.75, 3.05) is 13.1 Å². The lowest BCUT2D eigenvalue weighted by atomic mass is 10.1. The quantitative estimate of drug-likeness (QED) is 0.690. The number of hydrogen-bond acceptors (Lipinski definition) is 3. The van der Waals surface area contributed by atoms with E-state index in [0.717, 1.165) is 25.1 Å². The average molecular weight is 220 g/mol. The first kappa shape index (κ1) is 11.0. The first-order valence-electron chi connectivity index (χ1n) is 5.48. The maximum absolute atomic E-state index is 11.8. The third-order valence-corrected chi connectivity index (χ3v) is 2.87. The maximum atomic E-state index is 11.8. The highest BCUT2D eigenvalue weighted by molar-refractivity contribution is 5.94. The van der Waals surface area contributed by atoms with E-state index in [0.29, 0.717) is 5.56 Å². The molecular formula is C12H16N2O2. The van der Waals surface area contributed by atoms with Crippen LogP contribution in [-0.2, 0) is 0 Å². The largest absolute Gasteiger partial charge is 0.508 e. The smallest absolute Gasteiger partial charge is 0.251 e. The Morgan fingerprint density at radius 1 is 1.56 bits per heavy atom. The van der Waals surface area contributed by atoms with Gasteiger partial charge in [0.15, 0.2) is 0 Å². The molecule has 1 fully saturated rings. The minimum Gasteiger partial charge on any atom is -0.508 e. The van der Waals surface area contributed by atoms with Gasteiger partial charge in [-0.1, -0.05) is 6.07 Å². The van der Waals surface area contributed by atoms with E-state index in [4.69, 9.17) is 0 Å². The van der Waals surface area contributed by atoms with Crippen molar-refractivity contribution in [3.05, 3.63) is 29.3 Å². The summed E-state index contributed by atoms with van der Waals surface area (Å²) >= 11 is 0. The molecule has 1 amide bonds. The number of phenols is 1. The second kappa shape index (κ2) is 4.53. The summed E-state index contributed by atoms with van der Waals surface area (Å²) in [5, 5.41) is 15.6. The monoisotopic (exact) mass is 220 g/mol. The highest BCUT2D eigenvalue weighted by Crippen LogP contribution is 2.17. The first-order chi connectivity index (χ1) is 7.66. The normalized spacial score (nSPS) is 19.7. The van der Waals surface area contributed by atoms with Crippen LogP contribution in [0.2, 0.25) is 0 Å². The zero-order valence-corrected chi connectivity index (χ0v) is 9.29. The summed E-state index contributed by atoms with van der Waals surface area (Å²) in [7, 11) is 0. The molecule has 0 unspecified atom stereocenters. The summed E-state index contributed by atoms with van der Waals surface area (Å²) in [6, 6.07) is 5.19. The Kier molecular flexibility index (Phi) is 3.10. The number of hydrogen-bond donors (Lipinski definition) is 3.